The first-order valence-electron chi connectivity index (χ1n) is 6.51. The van der Waals surface area contributed by atoms with Crippen LogP contribution in [0.3, 0.4) is 0 Å². The van der Waals surface area contributed by atoms with Gasteiger partial charge in [-0.2, -0.15) is 0 Å². The van der Waals surface area contributed by atoms with Gasteiger partial charge in [-0.25, -0.2) is 4.98 Å². The van der Waals surface area contributed by atoms with Crippen LogP contribution in [0, 0.1) is 0 Å². The van der Waals surface area contributed by atoms with E-state index in [2.05, 4.69) is 9.71 Å². The highest BCUT2D eigenvalue weighted by Gasteiger charge is 2.28. The average Bonchev–Trinajstić information content (AvgIpc) is 2.27. The van der Waals surface area contributed by atoms with E-state index in [4.69, 9.17) is 4.74 Å². The van der Waals surface area contributed by atoms with Gasteiger partial charge < -0.3 is 9.29 Å². The molecule has 19 heavy (non-hydrogen) atoms. The maximum absolute atomic E-state index is 12.0. The summed E-state index contributed by atoms with van der Waals surface area (Å²) in [6.07, 6.45) is 1.87. The van der Waals surface area contributed by atoms with E-state index in [0.29, 0.717) is 5.88 Å². The minimum atomic E-state index is -1.09. The zero-order valence-corrected chi connectivity index (χ0v) is 13.4. The molecule has 1 aromatic heterocycles. The average molecular weight is 284 g/mol. The number of rotatable bonds is 5. The van der Waals surface area contributed by atoms with Crippen LogP contribution in [0.1, 0.15) is 53.1 Å². The monoisotopic (exact) mass is 284 g/mol. The van der Waals surface area contributed by atoms with Gasteiger partial charge in [0.25, 0.3) is 0 Å². The molecule has 108 valence electrons. The molecule has 1 N–H and O–H groups in total. The second-order valence-electron chi connectivity index (χ2n) is 5.82. The normalized spacial score (nSPS) is 15.4. The standard InChI is InChI=1S/C14H24N2O2S/c1-10(2)18-13-8-7-12(9-15-13)11(3)16-19(17)14(4,5)6/h7-11,16H,1-6H3/t11?,19-/m0/s1. The Morgan fingerprint density at radius 2 is 1.89 bits per heavy atom. The number of aromatic nitrogens is 1. The molecule has 0 spiro atoms. The highest BCUT2D eigenvalue weighted by Crippen LogP contribution is 2.20. The molecule has 4 nitrogen and oxygen atoms in total. The van der Waals surface area contributed by atoms with Crippen molar-refractivity contribution in [3.05, 3.63) is 23.9 Å². The summed E-state index contributed by atoms with van der Waals surface area (Å²) in [6.45, 7) is 11.7. The van der Waals surface area contributed by atoms with Crippen molar-refractivity contribution in [1.29, 1.82) is 0 Å². The van der Waals surface area contributed by atoms with Crippen LogP contribution in [0.4, 0.5) is 0 Å². The van der Waals surface area contributed by atoms with Crippen molar-refractivity contribution in [1.82, 2.24) is 9.71 Å². The first-order valence-corrected chi connectivity index (χ1v) is 7.66. The van der Waals surface area contributed by atoms with Gasteiger partial charge in [-0.05, 0) is 47.1 Å². The van der Waals surface area contributed by atoms with Crippen molar-refractivity contribution in [2.24, 2.45) is 0 Å². The number of nitrogens with one attached hydrogen (secondary N) is 1. The molecule has 1 heterocycles. The molecule has 0 aromatic carbocycles. The van der Waals surface area contributed by atoms with Crippen LogP contribution in [0.15, 0.2) is 18.3 Å². The van der Waals surface area contributed by atoms with Crippen molar-refractivity contribution in [3.8, 4) is 5.88 Å². The van der Waals surface area contributed by atoms with Crippen molar-refractivity contribution >= 4 is 11.4 Å². The van der Waals surface area contributed by atoms with Gasteiger partial charge in [-0.1, -0.05) is 6.07 Å². The van der Waals surface area contributed by atoms with Gasteiger partial charge in [-0.15, -0.1) is 4.72 Å². The topological polar surface area (TPSA) is 57.2 Å². The Morgan fingerprint density at radius 1 is 1.26 bits per heavy atom. The molecule has 0 aliphatic carbocycles. The van der Waals surface area contributed by atoms with Gasteiger partial charge in [0.1, 0.15) is 4.75 Å². The zero-order valence-electron chi connectivity index (χ0n) is 12.6. The minimum Gasteiger partial charge on any atom is -0.598 e. The third kappa shape index (κ3) is 5.38. The quantitative estimate of drug-likeness (QED) is 0.845. The second kappa shape index (κ2) is 6.59. The predicted molar refractivity (Wildman–Crippen MR) is 79.4 cm³/mol. The smallest absolute Gasteiger partial charge is 0.213 e. The van der Waals surface area contributed by atoms with E-state index in [-0.39, 0.29) is 16.9 Å². The fourth-order valence-corrected chi connectivity index (χ4v) is 2.18. The molecular weight excluding hydrogens is 260 g/mol. The summed E-state index contributed by atoms with van der Waals surface area (Å²) in [5.41, 5.74) is 0.994. The van der Waals surface area contributed by atoms with Gasteiger partial charge in [0, 0.05) is 23.6 Å². The van der Waals surface area contributed by atoms with E-state index in [1.165, 1.54) is 0 Å². The maximum atomic E-state index is 12.0. The second-order valence-corrected chi connectivity index (χ2v) is 7.81. The molecule has 5 heteroatoms. The lowest BCUT2D eigenvalue weighted by atomic mass is 10.2. The summed E-state index contributed by atoms with van der Waals surface area (Å²) in [4.78, 5) is 4.25. The lowest BCUT2D eigenvalue weighted by molar-refractivity contribution is 0.232. The van der Waals surface area contributed by atoms with E-state index in [9.17, 15) is 4.55 Å². The van der Waals surface area contributed by atoms with E-state index in [1.807, 2.05) is 53.7 Å². The number of ether oxygens (including phenoxy) is 1. The van der Waals surface area contributed by atoms with Crippen LogP contribution in [0.5, 0.6) is 5.88 Å². The van der Waals surface area contributed by atoms with Crippen molar-refractivity contribution in [3.63, 3.8) is 0 Å². The molecule has 0 fully saturated rings. The van der Waals surface area contributed by atoms with Gasteiger partial charge >= 0.3 is 0 Å². The fraction of sp³-hybridized carbons (Fsp3) is 0.643. The number of nitrogens with zero attached hydrogens (tertiary/aromatic N) is 1. The van der Waals surface area contributed by atoms with Crippen molar-refractivity contribution in [2.45, 2.75) is 58.4 Å². The fourth-order valence-electron chi connectivity index (χ4n) is 1.36. The van der Waals surface area contributed by atoms with Crippen molar-refractivity contribution < 1.29 is 9.29 Å². The highest BCUT2D eigenvalue weighted by atomic mass is 32.2. The zero-order chi connectivity index (χ0) is 14.6. The molecule has 0 radical (unpaired) electrons. The number of hydrogen-bond acceptors (Lipinski definition) is 4. The Bertz CT molecular complexity index is 387. The molecule has 1 unspecified atom stereocenters. The van der Waals surface area contributed by atoms with Gasteiger partial charge in [0.15, 0.2) is 0 Å². The highest BCUT2D eigenvalue weighted by molar-refractivity contribution is 7.90. The predicted octanol–water partition coefficient (Wildman–Crippen LogP) is 2.98. The summed E-state index contributed by atoms with van der Waals surface area (Å²) >= 11 is -1.09. The lowest BCUT2D eigenvalue weighted by Gasteiger charge is -2.26. The molecule has 0 saturated carbocycles. The molecule has 0 saturated heterocycles. The molecule has 1 rings (SSSR count). The van der Waals surface area contributed by atoms with E-state index in [1.54, 1.807) is 6.20 Å². The summed E-state index contributed by atoms with van der Waals surface area (Å²) in [7, 11) is 0. The van der Waals surface area contributed by atoms with Crippen LogP contribution < -0.4 is 9.46 Å². The van der Waals surface area contributed by atoms with Gasteiger partial charge in [-0.3, -0.25) is 0 Å². The molecular formula is C14H24N2O2S. The molecule has 0 aliphatic rings. The third-order valence-corrected chi connectivity index (χ3v) is 4.14. The van der Waals surface area contributed by atoms with E-state index < -0.39 is 11.4 Å². The molecule has 2 atom stereocenters. The first kappa shape index (κ1) is 16.3. The van der Waals surface area contributed by atoms with Crippen LogP contribution in [-0.2, 0) is 11.4 Å². The minimum absolute atomic E-state index is 0.0133. The Kier molecular flexibility index (Phi) is 5.64. The van der Waals surface area contributed by atoms with Gasteiger partial charge in [0.2, 0.25) is 5.88 Å². The van der Waals surface area contributed by atoms with Crippen LogP contribution in [0.2, 0.25) is 0 Å². The SMILES string of the molecule is CC(C)Oc1ccc(C(C)N[S@@+]([O-])C(C)(C)C)cn1. The van der Waals surface area contributed by atoms with Crippen LogP contribution >= 0.6 is 0 Å². The summed E-state index contributed by atoms with van der Waals surface area (Å²) in [5.74, 6) is 0.614. The van der Waals surface area contributed by atoms with Crippen LogP contribution in [-0.4, -0.2) is 20.4 Å². The maximum Gasteiger partial charge on any atom is 0.213 e. The molecule has 1 aromatic rings. The first-order chi connectivity index (χ1) is 8.70. The Balaban J connectivity index is 2.65. The third-order valence-electron chi connectivity index (χ3n) is 2.46. The Hall–Kier alpha value is -0.780. The Labute approximate surface area is 119 Å². The number of pyridine rings is 1. The van der Waals surface area contributed by atoms with Crippen LogP contribution in [0.25, 0.3) is 0 Å². The van der Waals surface area contributed by atoms with E-state index >= 15 is 0 Å². The summed E-state index contributed by atoms with van der Waals surface area (Å²) in [5, 5.41) is 0. The summed E-state index contributed by atoms with van der Waals surface area (Å²) < 4.78 is 20.3. The lowest BCUT2D eigenvalue weighted by Crippen LogP contribution is -2.40. The van der Waals surface area contributed by atoms with E-state index in [0.717, 1.165) is 5.56 Å². The van der Waals surface area contributed by atoms with Crippen molar-refractivity contribution in [2.75, 3.05) is 0 Å². The largest absolute Gasteiger partial charge is 0.598 e. The molecule has 0 amide bonds. The summed E-state index contributed by atoms with van der Waals surface area (Å²) in [6, 6.07) is 3.77. The molecule has 0 aliphatic heterocycles. The van der Waals surface area contributed by atoms with Gasteiger partial charge in [0.05, 0.1) is 12.1 Å². The number of hydrogen-bond donors (Lipinski definition) is 1. The Morgan fingerprint density at radius 3 is 2.32 bits per heavy atom. The molecule has 0 bridgehead atoms.